The highest BCUT2D eigenvalue weighted by Gasteiger charge is 2.07. The van der Waals surface area contributed by atoms with Gasteiger partial charge in [-0.05, 0) is 38.1 Å². The molecule has 0 heterocycles. The molecule has 1 atom stereocenters. The third kappa shape index (κ3) is 10.2. The maximum atomic E-state index is 5.57. The first kappa shape index (κ1) is 14.9. The zero-order chi connectivity index (χ0) is 11.7. The highest BCUT2D eigenvalue weighted by Crippen LogP contribution is 2.09. The summed E-state index contributed by atoms with van der Waals surface area (Å²) in [6.07, 6.45) is 3.67. The van der Waals surface area contributed by atoms with E-state index in [4.69, 9.17) is 4.74 Å². The lowest BCUT2D eigenvalue weighted by Gasteiger charge is -2.18. The van der Waals surface area contributed by atoms with Crippen LogP contribution < -0.4 is 5.32 Å². The highest BCUT2D eigenvalue weighted by atomic mass is 16.5. The molecule has 0 bridgehead atoms. The Labute approximate surface area is 95.8 Å². The molecule has 0 aliphatic rings. The average Bonchev–Trinajstić information content (AvgIpc) is 2.14. The standard InChI is InChI=1S/C13H29NO/c1-11(2)9-13(14-5)7-6-8-15-10-12(3)4/h11-14H,6-10H2,1-5H3. The van der Waals surface area contributed by atoms with Gasteiger partial charge in [0.1, 0.15) is 0 Å². The summed E-state index contributed by atoms with van der Waals surface area (Å²) < 4.78 is 5.57. The van der Waals surface area contributed by atoms with Gasteiger partial charge in [0.05, 0.1) is 0 Å². The van der Waals surface area contributed by atoms with Crippen LogP contribution >= 0.6 is 0 Å². The first-order valence-electron chi connectivity index (χ1n) is 6.31. The van der Waals surface area contributed by atoms with Crippen molar-refractivity contribution in [1.82, 2.24) is 5.32 Å². The van der Waals surface area contributed by atoms with Crippen molar-refractivity contribution in [3.8, 4) is 0 Å². The molecule has 0 radical (unpaired) electrons. The van der Waals surface area contributed by atoms with Crippen LogP contribution in [0.2, 0.25) is 0 Å². The summed E-state index contributed by atoms with van der Waals surface area (Å²) in [5, 5.41) is 3.38. The minimum Gasteiger partial charge on any atom is -0.381 e. The van der Waals surface area contributed by atoms with Gasteiger partial charge in [-0.3, -0.25) is 0 Å². The number of nitrogens with one attached hydrogen (secondary N) is 1. The zero-order valence-corrected chi connectivity index (χ0v) is 11.2. The molecule has 0 fully saturated rings. The molecule has 1 N–H and O–H groups in total. The number of hydrogen-bond donors (Lipinski definition) is 1. The van der Waals surface area contributed by atoms with Gasteiger partial charge in [0.15, 0.2) is 0 Å². The molecule has 0 aromatic carbocycles. The van der Waals surface area contributed by atoms with Crippen molar-refractivity contribution in [2.24, 2.45) is 11.8 Å². The average molecular weight is 215 g/mol. The van der Waals surface area contributed by atoms with Crippen molar-refractivity contribution in [3.05, 3.63) is 0 Å². The van der Waals surface area contributed by atoms with Crippen molar-refractivity contribution >= 4 is 0 Å². The second-order valence-corrected chi connectivity index (χ2v) is 5.23. The molecule has 0 aromatic heterocycles. The molecular formula is C13H29NO. The van der Waals surface area contributed by atoms with Crippen LogP contribution in [0.5, 0.6) is 0 Å². The van der Waals surface area contributed by atoms with Crippen LogP contribution in [0.1, 0.15) is 47.0 Å². The van der Waals surface area contributed by atoms with Gasteiger partial charge < -0.3 is 10.1 Å². The summed E-state index contributed by atoms with van der Waals surface area (Å²) in [6.45, 7) is 10.7. The second kappa shape index (κ2) is 9.17. The van der Waals surface area contributed by atoms with Crippen molar-refractivity contribution in [3.63, 3.8) is 0 Å². The van der Waals surface area contributed by atoms with E-state index in [-0.39, 0.29) is 0 Å². The van der Waals surface area contributed by atoms with Gasteiger partial charge in [-0.25, -0.2) is 0 Å². The Balaban J connectivity index is 3.38. The van der Waals surface area contributed by atoms with Gasteiger partial charge in [-0.2, -0.15) is 0 Å². The summed E-state index contributed by atoms with van der Waals surface area (Å²) in [6, 6.07) is 0.660. The normalized spacial score (nSPS) is 13.8. The Hall–Kier alpha value is -0.0800. The van der Waals surface area contributed by atoms with E-state index in [0.717, 1.165) is 19.1 Å². The molecule has 2 nitrogen and oxygen atoms in total. The van der Waals surface area contributed by atoms with Crippen LogP contribution in [0.25, 0.3) is 0 Å². The Kier molecular flexibility index (Phi) is 9.12. The summed E-state index contributed by atoms with van der Waals surface area (Å²) >= 11 is 0. The predicted molar refractivity (Wildman–Crippen MR) is 67.2 cm³/mol. The van der Waals surface area contributed by atoms with E-state index in [1.807, 2.05) is 0 Å². The van der Waals surface area contributed by atoms with Crippen molar-refractivity contribution in [2.75, 3.05) is 20.3 Å². The summed E-state index contributed by atoms with van der Waals surface area (Å²) in [5.74, 6) is 1.43. The van der Waals surface area contributed by atoms with Crippen molar-refractivity contribution in [2.45, 2.75) is 53.0 Å². The van der Waals surface area contributed by atoms with Gasteiger partial charge in [0.25, 0.3) is 0 Å². The van der Waals surface area contributed by atoms with E-state index in [9.17, 15) is 0 Å². The lowest BCUT2D eigenvalue weighted by atomic mass is 10.0. The smallest absolute Gasteiger partial charge is 0.0488 e. The maximum Gasteiger partial charge on any atom is 0.0488 e. The fraction of sp³-hybridized carbons (Fsp3) is 1.00. The third-order valence-corrected chi connectivity index (χ3v) is 2.46. The Morgan fingerprint density at radius 1 is 1.07 bits per heavy atom. The van der Waals surface area contributed by atoms with E-state index >= 15 is 0 Å². The molecule has 0 saturated carbocycles. The second-order valence-electron chi connectivity index (χ2n) is 5.23. The van der Waals surface area contributed by atoms with Crippen LogP contribution in [-0.2, 0) is 4.74 Å². The van der Waals surface area contributed by atoms with Crippen LogP contribution in [0, 0.1) is 11.8 Å². The minimum absolute atomic E-state index is 0.653. The molecule has 2 heteroatoms. The minimum atomic E-state index is 0.653. The molecule has 1 unspecified atom stereocenters. The first-order valence-corrected chi connectivity index (χ1v) is 6.31. The lowest BCUT2D eigenvalue weighted by Crippen LogP contribution is -2.27. The van der Waals surface area contributed by atoms with Gasteiger partial charge in [-0.1, -0.05) is 27.7 Å². The van der Waals surface area contributed by atoms with Gasteiger partial charge in [0, 0.05) is 19.3 Å². The molecule has 0 spiro atoms. The predicted octanol–water partition coefficient (Wildman–Crippen LogP) is 3.07. The SMILES string of the molecule is CNC(CCCOCC(C)C)CC(C)C. The largest absolute Gasteiger partial charge is 0.381 e. The summed E-state index contributed by atoms with van der Waals surface area (Å²) in [5.41, 5.74) is 0. The molecule has 0 rings (SSSR count). The van der Waals surface area contributed by atoms with Crippen LogP contribution in [0.4, 0.5) is 0 Å². The molecule has 92 valence electrons. The Morgan fingerprint density at radius 2 is 1.73 bits per heavy atom. The fourth-order valence-electron chi connectivity index (χ4n) is 1.70. The lowest BCUT2D eigenvalue weighted by molar-refractivity contribution is 0.104. The third-order valence-electron chi connectivity index (χ3n) is 2.46. The van der Waals surface area contributed by atoms with Crippen LogP contribution in [0.3, 0.4) is 0 Å². The number of rotatable bonds is 9. The topological polar surface area (TPSA) is 21.3 Å². The number of ether oxygens (including phenoxy) is 1. The monoisotopic (exact) mass is 215 g/mol. The first-order chi connectivity index (χ1) is 7.06. The molecule has 0 aromatic rings. The Morgan fingerprint density at radius 3 is 2.20 bits per heavy atom. The van der Waals surface area contributed by atoms with Crippen molar-refractivity contribution in [1.29, 1.82) is 0 Å². The molecule has 0 saturated heterocycles. The van der Waals surface area contributed by atoms with E-state index in [0.29, 0.717) is 12.0 Å². The maximum absolute atomic E-state index is 5.57. The fourth-order valence-corrected chi connectivity index (χ4v) is 1.70. The van der Waals surface area contributed by atoms with Crippen LogP contribution in [0.15, 0.2) is 0 Å². The molecule has 0 aliphatic carbocycles. The van der Waals surface area contributed by atoms with Gasteiger partial charge in [-0.15, -0.1) is 0 Å². The van der Waals surface area contributed by atoms with E-state index in [1.54, 1.807) is 0 Å². The number of hydrogen-bond acceptors (Lipinski definition) is 2. The van der Waals surface area contributed by atoms with Crippen LogP contribution in [-0.4, -0.2) is 26.3 Å². The summed E-state index contributed by atoms with van der Waals surface area (Å²) in [7, 11) is 2.06. The summed E-state index contributed by atoms with van der Waals surface area (Å²) in [4.78, 5) is 0. The van der Waals surface area contributed by atoms with E-state index in [1.165, 1.54) is 19.3 Å². The highest BCUT2D eigenvalue weighted by molar-refractivity contribution is 4.66. The molecule has 0 amide bonds. The van der Waals surface area contributed by atoms with E-state index in [2.05, 4.69) is 40.1 Å². The molecule has 0 aliphatic heterocycles. The van der Waals surface area contributed by atoms with Gasteiger partial charge >= 0.3 is 0 Å². The Bertz CT molecular complexity index is 134. The van der Waals surface area contributed by atoms with Gasteiger partial charge in [0.2, 0.25) is 0 Å². The van der Waals surface area contributed by atoms with Crippen molar-refractivity contribution < 1.29 is 4.74 Å². The van der Waals surface area contributed by atoms with E-state index < -0.39 is 0 Å². The molecular weight excluding hydrogens is 186 g/mol. The molecule has 15 heavy (non-hydrogen) atoms. The zero-order valence-electron chi connectivity index (χ0n) is 11.2. The quantitative estimate of drug-likeness (QED) is 0.597.